The Balaban J connectivity index is 1.88. The highest BCUT2D eigenvalue weighted by Gasteiger charge is 2.35. The molecule has 0 aliphatic heterocycles. The number of esters is 1. The van der Waals surface area contributed by atoms with Gasteiger partial charge in [-0.05, 0) is 31.1 Å². The second-order valence-electron chi connectivity index (χ2n) is 4.28. The summed E-state index contributed by atoms with van der Waals surface area (Å²) in [6.07, 6.45) is 7.64. The molecule has 0 aromatic heterocycles. The van der Waals surface area contributed by atoms with Gasteiger partial charge in [-0.2, -0.15) is 0 Å². The van der Waals surface area contributed by atoms with Gasteiger partial charge in [0, 0.05) is 6.08 Å². The van der Waals surface area contributed by atoms with Gasteiger partial charge in [0.25, 0.3) is 0 Å². The Morgan fingerprint density at radius 2 is 1.85 bits per heavy atom. The van der Waals surface area contributed by atoms with Crippen LogP contribution in [-0.4, -0.2) is 12.1 Å². The van der Waals surface area contributed by atoms with Crippen molar-refractivity contribution in [2.45, 2.75) is 38.2 Å². The second kappa shape index (κ2) is 3.52. The molecule has 2 aliphatic rings. The highest BCUT2D eigenvalue weighted by Crippen LogP contribution is 2.42. The van der Waals surface area contributed by atoms with E-state index in [0.29, 0.717) is 0 Å². The molecule has 2 bridgehead atoms. The van der Waals surface area contributed by atoms with Crippen LogP contribution in [0.5, 0.6) is 0 Å². The first-order chi connectivity index (χ1) is 6.28. The summed E-state index contributed by atoms with van der Waals surface area (Å²) in [5.41, 5.74) is 0. The van der Waals surface area contributed by atoms with Crippen LogP contribution in [0, 0.1) is 11.8 Å². The molecule has 0 radical (unpaired) electrons. The molecule has 2 heteroatoms. The van der Waals surface area contributed by atoms with Gasteiger partial charge in [0.1, 0.15) is 6.10 Å². The van der Waals surface area contributed by atoms with Gasteiger partial charge in [0.15, 0.2) is 0 Å². The van der Waals surface area contributed by atoms with Crippen LogP contribution in [0.4, 0.5) is 0 Å². The first-order valence-electron chi connectivity index (χ1n) is 5.11. The van der Waals surface area contributed by atoms with Gasteiger partial charge >= 0.3 is 5.97 Å². The van der Waals surface area contributed by atoms with Crippen molar-refractivity contribution in [3.8, 4) is 0 Å². The summed E-state index contributed by atoms with van der Waals surface area (Å²) in [5.74, 6) is 1.38. The Morgan fingerprint density at radius 3 is 2.38 bits per heavy atom. The quantitative estimate of drug-likeness (QED) is 0.481. The van der Waals surface area contributed by atoms with Crippen LogP contribution < -0.4 is 0 Å². The van der Waals surface area contributed by atoms with Crippen molar-refractivity contribution in [2.24, 2.45) is 11.8 Å². The zero-order valence-electron chi connectivity index (χ0n) is 7.87. The minimum atomic E-state index is -0.258. The van der Waals surface area contributed by atoms with Gasteiger partial charge in [0.05, 0.1) is 0 Å². The highest BCUT2D eigenvalue weighted by atomic mass is 16.5. The van der Waals surface area contributed by atoms with E-state index < -0.39 is 0 Å². The fourth-order valence-electron chi connectivity index (χ4n) is 2.76. The maximum absolute atomic E-state index is 11.0. The van der Waals surface area contributed by atoms with E-state index in [2.05, 4.69) is 6.58 Å². The average molecular weight is 180 g/mol. The molecule has 2 saturated carbocycles. The van der Waals surface area contributed by atoms with Crippen LogP contribution in [-0.2, 0) is 9.53 Å². The molecule has 0 spiro atoms. The van der Waals surface area contributed by atoms with Gasteiger partial charge in [-0.25, -0.2) is 4.79 Å². The molecule has 13 heavy (non-hydrogen) atoms. The topological polar surface area (TPSA) is 26.3 Å². The van der Waals surface area contributed by atoms with Crippen LogP contribution >= 0.6 is 0 Å². The number of fused-ring (bicyclic) bond motifs is 2. The minimum Gasteiger partial charge on any atom is -0.459 e. The third-order valence-electron chi connectivity index (χ3n) is 3.29. The van der Waals surface area contributed by atoms with E-state index in [-0.39, 0.29) is 12.1 Å². The molecular formula is C11H16O2. The summed E-state index contributed by atoms with van der Waals surface area (Å²) in [6, 6.07) is 0. The number of ether oxygens (including phenoxy) is 1. The lowest BCUT2D eigenvalue weighted by atomic mass is 9.87. The summed E-state index contributed by atoms with van der Waals surface area (Å²) < 4.78 is 5.26. The summed E-state index contributed by atoms with van der Waals surface area (Å²) in [5, 5.41) is 0. The molecule has 0 amide bonds. The smallest absolute Gasteiger partial charge is 0.330 e. The van der Waals surface area contributed by atoms with E-state index in [9.17, 15) is 4.79 Å². The Morgan fingerprint density at radius 1 is 1.23 bits per heavy atom. The Kier molecular flexibility index (Phi) is 2.38. The van der Waals surface area contributed by atoms with Crippen molar-refractivity contribution in [1.29, 1.82) is 0 Å². The van der Waals surface area contributed by atoms with Crippen LogP contribution in [0.3, 0.4) is 0 Å². The van der Waals surface area contributed by atoms with E-state index in [4.69, 9.17) is 4.74 Å². The van der Waals surface area contributed by atoms with Gasteiger partial charge < -0.3 is 4.74 Å². The molecule has 2 unspecified atom stereocenters. The number of hydrogen-bond acceptors (Lipinski definition) is 2. The SMILES string of the molecule is C=CC(=O)OC1CC2CCC(C2)C1. The molecule has 2 nitrogen and oxygen atoms in total. The molecule has 2 rings (SSSR count). The fraction of sp³-hybridized carbons (Fsp3) is 0.727. The first kappa shape index (κ1) is 8.79. The van der Waals surface area contributed by atoms with E-state index in [1.807, 2.05) is 0 Å². The molecule has 0 saturated heterocycles. The summed E-state index contributed by atoms with van der Waals surface area (Å²) in [7, 11) is 0. The molecule has 0 N–H and O–H groups in total. The van der Waals surface area contributed by atoms with Crippen LogP contribution in [0.15, 0.2) is 12.7 Å². The average Bonchev–Trinajstić information content (AvgIpc) is 2.46. The van der Waals surface area contributed by atoms with E-state index in [1.165, 1.54) is 25.3 Å². The molecule has 2 aliphatic carbocycles. The molecule has 2 atom stereocenters. The minimum absolute atomic E-state index is 0.178. The monoisotopic (exact) mass is 180 g/mol. The Bertz CT molecular complexity index is 210. The first-order valence-corrected chi connectivity index (χ1v) is 5.11. The standard InChI is InChI=1S/C11H16O2/c1-2-11(12)13-10-6-8-3-4-9(5-8)7-10/h2,8-10H,1,3-7H2. The number of carbonyl (C=O) groups excluding carboxylic acids is 1. The van der Waals surface area contributed by atoms with Crippen molar-refractivity contribution in [1.82, 2.24) is 0 Å². The fourth-order valence-corrected chi connectivity index (χ4v) is 2.76. The number of hydrogen-bond donors (Lipinski definition) is 0. The zero-order chi connectivity index (χ0) is 9.26. The lowest BCUT2D eigenvalue weighted by Crippen LogP contribution is -2.25. The third-order valence-corrected chi connectivity index (χ3v) is 3.29. The Labute approximate surface area is 79.0 Å². The van der Waals surface area contributed by atoms with E-state index in [1.54, 1.807) is 0 Å². The van der Waals surface area contributed by atoms with E-state index in [0.717, 1.165) is 24.7 Å². The van der Waals surface area contributed by atoms with Crippen molar-refractivity contribution >= 4 is 5.97 Å². The summed E-state index contributed by atoms with van der Waals surface area (Å²) >= 11 is 0. The molecule has 0 aromatic carbocycles. The van der Waals surface area contributed by atoms with Crippen molar-refractivity contribution in [3.63, 3.8) is 0 Å². The lowest BCUT2D eigenvalue weighted by Gasteiger charge is -2.26. The van der Waals surface area contributed by atoms with Crippen molar-refractivity contribution < 1.29 is 9.53 Å². The van der Waals surface area contributed by atoms with E-state index >= 15 is 0 Å². The lowest BCUT2D eigenvalue weighted by molar-refractivity contribution is -0.145. The second-order valence-corrected chi connectivity index (χ2v) is 4.28. The predicted octanol–water partition coefficient (Wildman–Crippen LogP) is 2.29. The van der Waals surface area contributed by atoms with Crippen molar-refractivity contribution in [2.75, 3.05) is 0 Å². The van der Waals surface area contributed by atoms with Crippen LogP contribution in [0.1, 0.15) is 32.1 Å². The maximum Gasteiger partial charge on any atom is 0.330 e. The molecule has 0 heterocycles. The largest absolute Gasteiger partial charge is 0.459 e. The summed E-state index contributed by atoms with van der Waals surface area (Å²) in [4.78, 5) is 11.0. The van der Waals surface area contributed by atoms with Gasteiger partial charge in [0.2, 0.25) is 0 Å². The molecule has 2 fully saturated rings. The third kappa shape index (κ3) is 1.93. The summed E-state index contributed by atoms with van der Waals surface area (Å²) in [6.45, 7) is 3.41. The van der Waals surface area contributed by atoms with Gasteiger partial charge in [-0.15, -0.1) is 0 Å². The number of carbonyl (C=O) groups is 1. The van der Waals surface area contributed by atoms with Gasteiger partial charge in [-0.3, -0.25) is 0 Å². The predicted molar refractivity (Wildman–Crippen MR) is 50.1 cm³/mol. The highest BCUT2D eigenvalue weighted by molar-refractivity contribution is 5.81. The van der Waals surface area contributed by atoms with Gasteiger partial charge in [-0.1, -0.05) is 19.4 Å². The number of rotatable bonds is 2. The van der Waals surface area contributed by atoms with Crippen molar-refractivity contribution in [3.05, 3.63) is 12.7 Å². The normalized spacial score (nSPS) is 37.1. The molecular weight excluding hydrogens is 164 g/mol. The maximum atomic E-state index is 11.0. The molecule has 0 aromatic rings. The molecule has 72 valence electrons. The van der Waals surface area contributed by atoms with Crippen LogP contribution in [0.2, 0.25) is 0 Å². The van der Waals surface area contributed by atoms with Crippen LogP contribution in [0.25, 0.3) is 0 Å². The Hall–Kier alpha value is -0.790. The zero-order valence-corrected chi connectivity index (χ0v) is 7.87.